The van der Waals surface area contributed by atoms with E-state index in [-0.39, 0.29) is 0 Å². The monoisotopic (exact) mass is 547 g/mol. The highest BCUT2D eigenvalue weighted by Crippen LogP contribution is 2.36. The summed E-state index contributed by atoms with van der Waals surface area (Å²) in [5, 5.41) is 0. The highest BCUT2D eigenvalue weighted by atomic mass is 14.3. The summed E-state index contributed by atoms with van der Waals surface area (Å²) in [7, 11) is 0. The molecule has 0 N–H and O–H groups in total. The van der Waals surface area contributed by atoms with Gasteiger partial charge in [-0.05, 0) is 74.3 Å². The molecule has 234 valence electrons. The summed E-state index contributed by atoms with van der Waals surface area (Å²) < 4.78 is 0. The Morgan fingerprint density at radius 1 is 0.667 bits per heavy atom. The molecule has 0 amide bonds. The van der Waals surface area contributed by atoms with Gasteiger partial charge in [-0.3, -0.25) is 0 Å². The van der Waals surface area contributed by atoms with Crippen molar-refractivity contribution in [2.24, 2.45) is 10.8 Å². The molecule has 39 heavy (non-hydrogen) atoms. The summed E-state index contributed by atoms with van der Waals surface area (Å²) >= 11 is 0. The van der Waals surface area contributed by atoms with Crippen LogP contribution in [0.1, 0.15) is 170 Å². The summed E-state index contributed by atoms with van der Waals surface area (Å²) in [6.45, 7) is 46.3. The number of rotatable bonds is 12. The smallest absolute Gasteiger partial charge is 0.00812 e. The second kappa shape index (κ2) is 36.4. The Morgan fingerprint density at radius 3 is 1.44 bits per heavy atom. The molecule has 0 bridgehead atoms. The third-order valence-electron chi connectivity index (χ3n) is 5.66. The zero-order chi connectivity index (χ0) is 32.5. The van der Waals surface area contributed by atoms with E-state index >= 15 is 0 Å². The van der Waals surface area contributed by atoms with Crippen LogP contribution in [0.3, 0.4) is 0 Å². The molecule has 1 atom stereocenters. The molecule has 0 fully saturated rings. The maximum atomic E-state index is 4.11. The average Bonchev–Trinajstić information content (AvgIpc) is 2.94. The van der Waals surface area contributed by atoms with E-state index < -0.39 is 0 Å². The molecular formula is C39H78. The summed E-state index contributed by atoms with van der Waals surface area (Å²) in [5.74, 6) is 0. The molecule has 0 aliphatic heterocycles. The Hall–Kier alpha value is -1.56. The van der Waals surface area contributed by atoms with Crippen molar-refractivity contribution in [2.45, 2.75) is 170 Å². The van der Waals surface area contributed by atoms with Gasteiger partial charge in [0.25, 0.3) is 0 Å². The summed E-state index contributed by atoms with van der Waals surface area (Å²) in [6.07, 6.45) is 21.5. The zero-order valence-electron chi connectivity index (χ0n) is 30.8. The molecule has 0 aromatic heterocycles. The fourth-order valence-corrected chi connectivity index (χ4v) is 3.42. The Bertz CT molecular complexity index is 627. The van der Waals surface area contributed by atoms with Gasteiger partial charge in [-0.1, -0.05) is 178 Å². The second-order valence-corrected chi connectivity index (χ2v) is 10.1. The first-order valence-corrected chi connectivity index (χ1v) is 16.5. The van der Waals surface area contributed by atoms with Crippen LogP contribution in [0.4, 0.5) is 0 Å². The van der Waals surface area contributed by atoms with Crippen molar-refractivity contribution in [1.29, 1.82) is 0 Å². The molecule has 0 nitrogen and oxygen atoms in total. The Kier molecular flexibility index (Phi) is 47.0. The molecule has 0 aliphatic rings. The van der Waals surface area contributed by atoms with Crippen molar-refractivity contribution in [3.63, 3.8) is 0 Å². The van der Waals surface area contributed by atoms with Crippen LogP contribution in [0, 0.1) is 10.8 Å². The standard InChI is InChI=1S/C17H28.C14H26.4C2H6/c1-8-9-16(14(2)3)11-10-15(4)12-13-17(5,6)7;1-6-10-13(11-7-2)14(5,9-4)12-8-3;4*1-2/h9-11H,2,4,8,12-13H2,1,3,5-7H3;6,10-11H,7-9,12H2,1-5H3;4*1-2H3/b11-10-,16-9+;10-6-,13-11+;;;;. The van der Waals surface area contributed by atoms with Crippen molar-refractivity contribution in [1.82, 2.24) is 0 Å². The minimum atomic E-state index is 0.382. The lowest BCUT2D eigenvalue weighted by molar-refractivity contribution is 0.354. The van der Waals surface area contributed by atoms with Crippen LogP contribution in [0.15, 0.2) is 71.9 Å². The fourth-order valence-electron chi connectivity index (χ4n) is 3.42. The minimum Gasteiger partial charge on any atom is -0.0958 e. The first-order chi connectivity index (χ1) is 18.4. The molecule has 0 saturated carbocycles. The first kappa shape index (κ1) is 50.3. The Labute approximate surface area is 251 Å². The van der Waals surface area contributed by atoms with E-state index in [1.54, 1.807) is 0 Å². The molecule has 0 radical (unpaired) electrons. The van der Waals surface area contributed by atoms with Crippen molar-refractivity contribution >= 4 is 0 Å². The summed E-state index contributed by atoms with van der Waals surface area (Å²) in [6, 6.07) is 0. The van der Waals surface area contributed by atoms with Crippen LogP contribution in [0.2, 0.25) is 0 Å². The molecule has 0 spiro atoms. The molecule has 0 rings (SSSR count). The largest absolute Gasteiger partial charge is 0.0958 e. The van der Waals surface area contributed by atoms with E-state index in [9.17, 15) is 0 Å². The lowest BCUT2D eigenvalue weighted by atomic mass is 9.75. The first-order valence-electron chi connectivity index (χ1n) is 16.5. The SMILES string of the molecule is C/C=C\C(=C/CC)C(C)(CC)CCC.C=C(/C=C\C(=C/CC)C(=C)C)CCC(C)(C)C.CC.CC.CC.CC. The molecule has 0 heteroatoms. The number of allylic oxidation sites excluding steroid dienone is 10. The molecule has 0 saturated heterocycles. The highest BCUT2D eigenvalue weighted by molar-refractivity contribution is 5.39. The average molecular weight is 547 g/mol. The van der Waals surface area contributed by atoms with Gasteiger partial charge in [0.05, 0.1) is 0 Å². The van der Waals surface area contributed by atoms with Crippen LogP contribution in [-0.2, 0) is 0 Å². The van der Waals surface area contributed by atoms with Gasteiger partial charge in [0.15, 0.2) is 0 Å². The van der Waals surface area contributed by atoms with Crippen LogP contribution < -0.4 is 0 Å². The van der Waals surface area contributed by atoms with E-state index in [2.05, 4.69) is 112 Å². The van der Waals surface area contributed by atoms with Gasteiger partial charge in [0.2, 0.25) is 0 Å². The summed E-state index contributed by atoms with van der Waals surface area (Å²) in [5.41, 5.74) is 5.83. The van der Waals surface area contributed by atoms with Crippen molar-refractivity contribution in [3.8, 4) is 0 Å². The number of hydrogen-bond donors (Lipinski definition) is 0. The highest BCUT2D eigenvalue weighted by Gasteiger charge is 2.23. The normalized spacial score (nSPS) is 12.6. The maximum absolute atomic E-state index is 4.11. The third-order valence-corrected chi connectivity index (χ3v) is 5.66. The quantitative estimate of drug-likeness (QED) is 0.213. The van der Waals surface area contributed by atoms with Gasteiger partial charge in [0, 0.05) is 0 Å². The van der Waals surface area contributed by atoms with Crippen LogP contribution in [-0.4, -0.2) is 0 Å². The van der Waals surface area contributed by atoms with Gasteiger partial charge in [-0.2, -0.15) is 0 Å². The van der Waals surface area contributed by atoms with Gasteiger partial charge < -0.3 is 0 Å². The lowest BCUT2D eigenvalue weighted by Crippen LogP contribution is -2.17. The molecule has 1 unspecified atom stereocenters. The number of hydrogen-bond acceptors (Lipinski definition) is 0. The zero-order valence-corrected chi connectivity index (χ0v) is 30.8. The molecule has 0 heterocycles. The summed E-state index contributed by atoms with van der Waals surface area (Å²) in [4.78, 5) is 0. The molecule has 0 aromatic rings. The predicted molar refractivity (Wildman–Crippen MR) is 192 cm³/mol. The van der Waals surface area contributed by atoms with Crippen LogP contribution in [0.25, 0.3) is 0 Å². The van der Waals surface area contributed by atoms with Crippen LogP contribution in [0.5, 0.6) is 0 Å². The Morgan fingerprint density at radius 2 is 1.13 bits per heavy atom. The third kappa shape index (κ3) is 34.4. The van der Waals surface area contributed by atoms with Gasteiger partial charge in [0.1, 0.15) is 0 Å². The van der Waals surface area contributed by atoms with E-state index in [1.807, 2.05) is 62.3 Å². The van der Waals surface area contributed by atoms with Gasteiger partial charge in [-0.25, -0.2) is 0 Å². The molecule has 0 aromatic carbocycles. The fraction of sp³-hybridized carbons (Fsp3) is 0.692. The van der Waals surface area contributed by atoms with E-state index in [4.69, 9.17) is 0 Å². The van der Waals surface area contributed by atoms with Crippen molar-refractivity contribution in [2.75, 3.05) is 0 Å². The van der Waals surface area contributed by atoms with Crippen molar-refractivity contribution in [3.05, 3.63) is 71.9 Å². The van der Waals surface area contributed by atoms with E-state index in [0.717, 1.165) is 24.8 Å². The Balaban J connectivity index is -0.000000112. The predicted octanol–water partition coefficient (Wildman–Crippen LogP) is 15.1. The lowest BCUT2D eigenvalue weighted by Gasteiger charge is -2.29. The molecular weight excluding hydrogens is 468 g/mol. The maximum Gasteiger partial charge on any atom is -0.00812 e. The topological polar surface area (TPSA) is 0 Å². The van der Waals surface area contributed by atoms with E-state index in [1.165, 1.54) is 42.4 Å². The molecule has 0 aliphatic carbocycles. The minimum absolute atomic E-state index is 0.382. The van der Waals surface area contributed by atoms with Crippen molar-refractivity contribution < 1.29 is 0 Å². The van der Waals surface area contributed by atoms with Crippen LogP contribution >= 0.6 is 0 Å². The van der Waals surface area contributed by atoms with Gasteiger partial charge in [-0.15, -0.1) is 0 Å². The van der Waals surface area contributed by atoms with Gasteiger partial charge >= 0.3 is 0 Å². The van der Waals surface area contributed by atoms with E-state index in [0.29, 0.717) is 10.8 Å². The second-order valence-electron chi connectivity index (χ2n) is 10.1.